The first-order valence-corrected chi connectivity index (χ1v) is 3.46. The SMILES string of the molecule is N#CC1[C@H]2CN(C=O)C[C@@H]12. The average molecular weight is 136 g/mol. The molecule has 3 nitrogen and oxygen atoms in total. The molecule has 2 fully saturated rings. The van der Waals surface area contributed by atoms with Crippen LogP contribution >= 0.6 is 0 Å². The molecule has 2 aliphatic rings. The Hall–Kier alpha value is -1.04. The van der Waals surface area contributed by atoms with Crippen molar-refractivity contribution in [3.05, 3.63) is 0 Å². The first-order valence-electron chi connectivity index (χ1n) is 3.46. The molecule has 1 amide bonds. The molecule has 0 N–H and O–H groups in total. The number of hydrogen-bond acceptors (Lipinski definition) is 2. The highest BCUT2D eigenvalue weighted by atomic mass is 16.1. The fourth-order valence-electron chi connectivity index (χ4n) is 1.84. The third-order valence-corrected chi connectivity index (χ3v) is 2.52. The van der Waals surface area contributed by atoms with Gasteiger partial charge in [-0.25, -0.2) is 0 Å². The number of carbonyl (C=O) groups excluding carboxylic acids is 1. The first-order chi connectivity index (χ1) is 4.86. The van der Waals surface area contributed by atoms with Crippen LogP contribution in [0.4, 0.5) is 0 Å². The van der Waals surface area contributed by atoms with Gasteiger partial charge in [0.15, 0.2) is 0 Å². The van der Waals surface area contributed by atoms with E-state index in [2.05, 4.69) is 6.07 Å². The Bertz CT molecular complexity index is 196. The molecule has 0 aromatic carbocycles. The van der Waals surface area contributed by atoms with Crippen LogP contribution in [-0.2, 0) is 4.79 Å². The maximum atomic E-state index is 10.2. The van der Waals surface area contributed by atoms with Crippen LogP contribution in [0.3, 0.4) is 0 Å². The lowest BCUT2D eigenvalue weighted by molar-refractivity contribution is -0.117. The molecular formula is C7H8N2O. The van der Waals surface area contributed by atoms with Gasteiger partial charge in [-0.3, -0.25) is 4.79 Å². The molecule has 52 valence electrons. The zero-order valence-corrected chi connectivity index (χ0v) is 5.53. The predicted octanol–water partition coefficient (Wildman–Crippen LogP) is -0.156. The third kappa shape index (κ3) is 0.563. The number of rotatable bonds is 1. The highest BCUT2D eigenvalue weighted by Crippen LogP contribution is 2.50. The van der Waals surface area contributed by atoms with Gasteiger partial charge in [0, 0.05) is 13.1 Å². The molecule has 3 atom stereocenters. The molecule has 0 bridgehead atoms. The van der Waals surface area contributed by atoms with Crippen molar-refractivity contribution in [1.82, 2.24) is 4.90 Å². The molecule has 1 saturated heterocycles. The molecular weight excluding hydrogens is 128 g/mol. The normalized spacial score (nSPS) is 42.3. The van der Waals surface area contributed by atoms with Crippen LogP contribution in [0.2, 0.25) is 0 Å². The summed E-state index contributed by atoms with van der Waals surface area (Å²) in [5.74, 6) is 1.28. The molecule has 3 heteroatoms. The van der Waals surface area contributed by atoms with Gasteiger partial charge in [-0.1, -0.05) is 0 Å². The Kier molecular flexibility index (Phi) is 0.986. The molecule has 0 aromatic rings. The minimum absolute atomic E-state index is 0.260. The van der Waals surface area contributed by atoms with Crippen LogP contribution in [0.1, 0.15) is 0 Å². The van der Waals surface area contributed by atoms with E-state index in [1.807, 2.05) is 0 Å². The second kappa shape index (κ2) is 1.72. The van der Waals surface area contributed by atoms with Gasteiger partial charge in [-0.15, -0.1) is 0 Å². The highest BCUT2D eigenvalue weighted by molar-refractivity contribution is 5.49. The van der Waals surface area contributed by atoms with E-state index in [1.165, 1.54) is 0 Å². The Balaban J connectivity index is 1.97. The van der Waals surface area contributed by atoms with Crippen molar-refractivity contribution in [2.75, 3.05) is 13.1 Å². The van der Waals surface area contributed by atoms with Crippen molar-refractivity contribution in [2.45, 2.75) is 0 Å². The van der Waals surface area contributed by atoms with E-state index in [0.717, 1.165) is 19.5 Å². The Morgan fingerprint density at radius 1 is 1.50 bits per heavy atom. The Morgan fingerprint density at radius 3 is 2.50 bits per heavy atom. The number of nitriles is 1. The molecule has 0 radical (unpaired) electrons. The number of amides is 1. The molecule has 1 unspecified atom stereocenters. The fraction of sp³-hybridized carbons (Fsp3) is 0.714. The van der Waals surface area contributed by atoms with E-state index >= 15 is 0 Å². The van der Waals surface area contributed by atoms with Crippen molar-refractivity contribution in [1.29, 1.82) is 5.26 Å². The van der Waals surface area contributed by atoms with Gasteiger partial charge in [0.1, 0.15) is 0 Å². The minimum atomic E-state index is 0.260. The Morgan fingerprint density at radius 2 is 2.10 bits per heavy atom. The van der Waals surface area contributed by atoms with Crippen LogP contribution in [0.15, 0.2) is 0 Å². The van der Waals surface area contributed by atoms with E-state index in [9.17, 15) is 4.79 Å². The van der Waals surface area contributed by atoms with Crippen LogP contribution in [0.25, 0.3) is 0 Å². The summed E-state index contributed by atoms with van der Waals surface area (Å²) in [5.41, 5.74) is 0. The molecule has 0 aromatic heterocycles. The lowest BCUT2D eigenvalue weighted by Crippen LogP contribution is -2.22. The number of nitrogens with zero attached hydrogens (tertiary/aromatic N) is 2. The number of likely N-dealkylation sites (tertiary alicyclic amines) is 1. The molecule has 1 aliphatic carbocycles. The molecule has 10 heavy (non-hydrogen) atoms. The summed E-state index contributed by atoms with van der Waals surface area (Å²) in [6.45, 7) is 1.62. The molecule has 1 saturated carbocycles. The van der Waals surface area contributed by atoms with Gasteiger partial charge < -0.3 is 4.90 Å². The standard InChI is InChI=1S/C7H8N2O/c8-1-5-6-2-9(4-10)3-7(5)6/h4-7H,2-3H2/t5?,6-,7+. The van der Waals surface area contributed by atoms with Gasteiger partial charge in [-0.2, -0.15) is 5.26 Å². The predicted molar refractivity (Wildman–Crippen MR) is 33.7 cm³/mol. The summed E-state index contributed by atoms with van der Waals surface area (Å²) in [5, 5.41) is 8.51. The van der Waals surface area contributed by atoms with Crippen LogP contribution in [0.5, 0.6) is 0 Å². The average Bonchev–Trinajstić information content (AvgIpc) is 2.43. The first kappa shape index (κ1) is 5.72. The number of piperidine rings is 1. The van der Waals surface area contributed by atoms with Crippen molar-refractivity contribution in [2.24, 2.45) is 17.8 Å². The summed E-state index contributed by atoms with van der Waals surface area (Å²) < 4.78 is 0. The lowest BCUT2D eigenvalue weighted by atomic mass is 10.3. The van der Waals surface area contributed by atoms with Gasteiger partial charge >= 0.3 is 0 Å². The summed E-state index contributed by atoms with van der Waals surface area (Å²) in [7, 11) is 0. The topological polar surface area (TPSA) is 44.1 Å². The molecule has 1 aliphatic heterocycles. The smallest absolute Gasteiger partial charge is 0.209 e. The summed E-state index contributed by atoms with van der Waals surface area (Å²) in [6, 6.07) is 2.24. The van der Waals surface area contributed by atoms with Crippen LogP contribution in [-0.4, -0.2) is 24.4 Å². The second-order valence-corrected chi connectivity index (χ2v) is 3.04. The van der Waals surface area contributed by atoms with Gasteiger partial charge in [0.05, 0.1) is 12.0 Å². The number of fused-ring (bicyclic) bond motifs is 1. The molecule has 0 spiro atoms. The maximum Gasteiger partial charge on any atom is 0.209 e. The zero-order chi connectivity index (χ0) is 7.14. The molecule has 1 heterocycles. The van der Waals surface area contributed by atoms with Crippen molar-refractivity contribution in [3.63, 3.8) is 0 Å². The van der Waals surface area contributed by atoms with Crippen LogP contribution in [0, 0.1) is 29.1 Å². The van der Waals surface area contributed by atoms with Gasteiger partial charge in [-0.05, 0) is 11.8 Å². The van der Waals surface area contributed by atoms with Gasteiger partial charge in [0.2, 0.25) is 6.41 Å². The summed E-state index contributed by atoms with van der Waals surface area (Å²) in [4.78, 5) is 12.0. The van der Waals surface area contributed by atoms with Gasteiger partial charge in [0.25, 0.3) is 0 Å². The van der Waals surface area contributed by atoms with E-state index in [4.69, 9.17) is 5.26 Å². The second-order valence-electron chi connectivity index (χ2n) is 3.04. The van der Waals surface area contributed by atoms with E-state index in [0.29, 0.717) is 11.8 Å². The molecule has 2 rings (SSSR count). The Labute approximate surface area is 59.2 Å². The highest BCUT2D eigenvalue weighted by Gasteiger charge is 2.55. The quantitative estimate of drug-likeness (QED) is 0.470. The largest absolute Gasteiger partial charge is 0.345 e. The summed E-state index contributed by atoms with van der Waals surface area (Å²) in [6.07, 6.45) is 0.876. The van der Waals surface area contributed by atoms with Crippen LogP contribution < -0.4 is 0 Å². The number of hydrogen-bond donors (Lipinski definition) is 0. The van der Waals surface area contributed by atoms with E-state index < -0.39 is 0 Å². The third-order valence-electron chi connectivity index (χ3n) is 2.52. The number of carbonyl (C=O) groups is 1. The summed E-state index contributed by atoms with van der Waals surface area (Å²) >= 11 is 0. The zero-order valence-electron chi connectivity index (χ0n) is 5.53. The monoisotopic (exact) mass is 136 g/mol. The lowest BCUT2D eigenvalue weighted by Gasteiger charge is -2.09. The van der Waals surface area contributed by atoms with E-state index in [-0.39, 0.29) is 5.92 Å². The van der Waals surface area contributed by atoms with Crippen molar-refractivity contribution >= 4 is 6.41 Å². The van der Waals surface area contributed by atoms with E-state index in [1.54, 1.807) is 4.90 Å². The maximum absolute atomic E-state index is 10.2. The fourth-order valence-corrected chi connectivity index (χ4v) is 1.84. The minimum Gasteiger partial charge on any atom is -0.345 e. The van der Waals surface area contributed by atoms with Crippen molar-refractivity contribution < 1.29 is 4.79 Å². The van der Waals surface area contributed by atoms with Crippen molar-refractivity contribution in [3.8, 4) is 6.07 Å².